The molecular formula is C15H21ClN2O. The van der Waals surface area contributed by atoms with Crippen LogP contribution < -0.4 is 10.6 Å². The van der Waals surface area contributed by atoms with Gasteiger partial charge in [-0.3, -0.25) is 4.79 Å². The van der Waals surface area contributed by atoms with Gasteiger partial charge in [-0.2, -0.15) is 0 Å². The molecule has 1 saturated carbocycles. The number of carbonyl (C=O) groups excluding carboxylic acids is 1. The van der Waals surface area contributed by atoms with Gasteiger partial charge in [0.05, 0.1) is 0 Å². The lowest BCUT2D eigenvalue weighted by molar-refractivity contribution is 0.0946. The van der Waals surface area contributed by atoms with Crippen LogP contribution in [0.25, 0.3) is 0 Å². The second kappa shape index (κ2) is 5.51. The molecule has 2 unspecified atom stereocenters. The Labute approximate surface area is 120 Å². The number of nitrogens with one attached hydrogen (secondary N) is 2. The highest BCUT2D eigenvalue weighted by atomic mass is 35.5. The zero-order valence-electron chi connectivity index (χ0n) is 11.3. The topological polar surface area (TPSA) is 41.1 Å². The van der Waals surface area contributed by atoms with E-state index in [1.165, 1.54) is 5.56 Å². The number of rotatable bonds is 3. The fraction of sp³-hybridized carbons (Fsp3) is 0.533. The van der Waals surface area contributed by atoms with Crippen LogP contribution in [0, 0.1) is 11.8 Å². The first kappa shape index (κ1) is 14.4. The SMILES string of the molecule is CC(C)c1ccc(C(=O)NC2C3CNCC32)cc1.Cl. The van der Waals surface area contributed by atoms with Gasteiger partial charge in [0.25, 0.3) is 5.91 Å². The van der Waals surface area contributed by atoms with Crippen molar-refractivity contribution in [2.24, 2.45) is 11.8 Å². The molecular weight excluding hydrogens is 260 g/mol. The third kappa shape index (κ3) is 2.77. The average molecular weight is 281 g/mol. The van der Waals surface area contributed by atoms with E-state index in [1.54, 1.807) is 0 Å². The summed E-state index contributed by atoms with van der Waals surface area (Å²) in [5.74, 6) is 1.92. The van der Waals surface area contributed by atoms with Crippen molar-refractivity contribution in [3.63, 3.8) is 0 Å². The minimum Gasteiger partial charge on any atom is -0.349 e. The minimum atomic E-state index is 0. The van der Waals surface area contributed by atoms with Gasteiger partial charge < -0.3 is 10.6 Å². The molecule has 0 bridgehead atoms. The van der Waals surface area contributed by atoms with E-state index in [1.807, 2.05) is 12.1 Å². The second-order valence-corrected chi connectivity index (χ2v) is 5.76. The molecule has 2 fully saturated rings. The molecule has 4 heteroatoms. The van der Waals surface area contributed by atoms with E-state index in [0.717, 1.165) is 18.7 Å². The summed E-state index contributed by atoms with van der Waals surface area (Å²) in [5, 5.41) is 6.48. The summed E-state index contributed by atoms with van der Waals surface area (Å²) in [4.78, 5) is 12.1. The lowest BCUT2D eigenvalue weighted by atomic mass is 10.0. The van der Waals surface area contributed by atoms with Crippen molar-refractivity contribution in [2.75, 3.05) is 13.1 Å². The molecule has 1 saturated heterocycles. The van der Waals surface area contributed by atoms with Gasteiger partial charge in [0, 0.05) is 24.7 Å². The summed E-state index contributed by atoms with van der Waals surface area (Å²) in [6.45, 7) is 6.44. The molecule has 1 aliphatic carbocycles. The summed E-state index contributed by atoms with van der Waals surface area (Å²) >= 11 is 0. The molecule has 1 amide bonds. The Morgan fingerprint density at radius 2 is 1.79 bits per heavy atom. The third-order valence-electron chi connectivity index (χ3n) is 4.23. The quantitative estimate of drug-likeness (QED) is 0.891. The monoisotopic (exact) mass is 280 g/mol. The van der Waals surface area contributed by atoms with Crippen molar-refractivity contribution >= 4 is 18.3 Å². The largest absolute Gasteiger partial charge is 0.349 e. The van der Waals surface area contributed by atoms with Crippen molar-refractivity contribution in [1.29, 1.82) is 0 Å². The van der Waals surface area contributed by atoms with E-state index in [2.05, 4.69) is 36.6 Å². The zero-order valence-corrected chi connectivity index (χ0v) is 12.2. The van der Waals surface area contributed by atoms with Gasteiger partial charge in [-0.25, -0.2) is 0 Å². The van der Waals surface area contributed by atoms with E-state index in [0.29, 0.717) is 23.8 Å². The summed E-state index contributed by atoms with van der Waals surface area (Å²) in [6.07, 6.45) is 0. The number of amides is 1. The van der Waals surface area contributed by atoms with Gasteiger partial charge in [0.1, 0.15) is 0 Å². The molecule has 2 atom stereocenters. The molecule has 1 aromatic rings. The molecule has 3 nitrogen and oxygen atoms in total. The maximum atomic E-state index is 12.1. The fourth-order valence-corrected chi connectivity index (χ4v) is 2.89. The predicted octanol–water partition coefficient (Wildman–Crippen LogP) is 2.18. The fourth-order valence-electron chi connectivity index (χ4n) is 2.89. The average Bonchev–Trinajstić information content (AvgIpc) is 2.82. The maximum Gasteiger partial charge on any atom is 0.251 e. The summed E-state index contributed by atoms with van der Waals surface area (Å²) in [5.41, 5.74) is 2.05. The van der Waals surface area contributed by atoms with Crippen molar-refractivity contribution in [1.82, 2.24) is 10.6 Å². The van der Waals surface area contributed by atoms with E-state index in [-0.39, 0.29) is 18.3 Å². The molecule has 2 N–H and O–H groups in total. The Morgan fingerprint density at radius 1 is 1.21 bits per heavy atom. The Kier molecular flexibility index (Phi) is 4.16. The Balaban J connectivity index is 0.00000133. The smallest absolute Gasteiger partial charge is 0.251 e. The number of hydrogen-bond acceptors (Lipinski definition) is 2. The van der Waals surface area contributed by atoms with Gasteiger partial charge in [-0.05, 0) is 35.4 Å². The Bertz CT molecular complexity index is 448. The van der Waals surface area contributed by atoms with Crippen LogP contribution in [-0.2, 0) is 0 Å². The number of carbonyl (C=O) groups is 1. The van der Waals surface area contributed by atoms with Crippen molar-refractivity contribution in [2.45, 2.75) is 25.8 Å². The normalized spacial score (nSPS) is 27.6. The number of halogens is 1. The second-order valence-electron chi connectivity index (χ2n) is 5.76. The molecule has 0 aromatic heterocycles. The van der Waals surface area contributed by atoms with Crippen LogP contribution in [-0.4, -0.2) is 25.0 Å². The maximum absolute atomic E-state index is 12.1. The van der Waals surface area contributed by atoms with Gasteiger partial charge in [-0.1, -0.05) is 26.0 Å². The molecule has 1 aromatic carbocycles. The molecule has 2 aliphatic rings. The first-order valence-corrected chi connectivity index (χ1v) is 6.78. The van der Waals surface area contributed by atoms with Gasteiger partial charge in [0.2, 0.25) is 0 Å². The molecule has 104 valence electrons. The summed E-state index contributed by atoms with van der Waals surface area (Å²) in [7, 11) is 0. The first-order chi connectivity index (χ1) is 8.66. The molecule has 1 aliphatic heterocycles. The molecule has 3 rings (SSSR count). The molecule has 0 spiro atoms. The summed E-state index contributed by atoms with van der Waals surface area (Å²) in [6, 6.07) is 8.37. The third-order valence-corrected chi connectivity index (χ3v) is 4.23. The van der Waals surface area contributed by atoms with Crippen molar-refractivity contribution in [3.8, 4) is 0 Å². The number of fused-ring (bicyclic) bond motifs is 1. The predicted molar refractivity (Wildman–Crippen MR) is 78.9 cm³/mol. The van der Waals surface area contributed by atoms with Crippen LogP contribution >= 0.6 is 12.4 Å². The van der Waals surface area contributed by atoms with Crippen molar-refractivity contribution in [3.05, 3.63) is 35.4 Å². The lowest BCUT2D eigenvalue weighted by Gasteiger charge is -2.09. The molecule has 0 radical (unpaired) electrons. The van der Waals surface area contributed by atoms with Crippen LogP contribution in [0.1, 0.15) is 35.7 Å². The van der Waals surface area contributed by atoms with Crippen LogP contribution in [0.2, 0.25) is 0 Å². The van der Waals surface area contributed by atoms with Crippen LogP contribution in [0.4, 0.5) is 0 Å². The van der Waals surface area contributed by atoms with E-state index < -0.39 is 0 Å². The standard InChI is InChI=1S/C15H20N2O.ClH/c1-9(2)10-3-5-11(6-4-10)15(18)17-14-12-7-16-8-13(12)14;/h3-6,9,12-14,16H,7-8H2,1-2H3,(H,17,18);1H. The van der Waals surface area contributed by atoms with E-state index in [9.17, 15) is 4.79 Å². The van der Waals surface area contributed by atoms with Crippen LogP contribution in [0.3, 0.4) is 0 Å². The lowest BCUT2D eigenvalue weighted by Crippen LogP contribution is -2.32. The highest BCUT2D eigenvalue weighted by Crippen LogP contribution is 2.41. The number of hydrogen-bond donors (Lipinski definition) is 2. The highest BCUT2D eigenvalue weighted by molar-refractivity contribution is 5.94. The zero-order chi connectivity index (χ0) is 12.7. The van der Waals surface area contributed by atoms with E-state index in [4.69, 9.17) is 0 Å². The number of piperidine rings is 1. The van der Waals surface area contributed by atoms with E-state index >= 15 is 0 Å². The highest BCUT2D eigenvalue weighted by Gasteiger charge is 2.53. The number of benzene rings is 1. The molecule has 19 heavy (non-hydrogen) atoms. The first-order valence-electron chi connectivity index (χ1n) is 6.78. The van der Waals surface area contributed by atoms with Crippen molar-refractivity contribution < 1.29 is 4.79 Å². The summed E-state index contributed by atoms with van der Waals surface area (Å²) < 4.78 is 0. The minimum absolute atomic E-state index is 0. The van der Waals surface area contributed by atoms with Crippen LogP contribution in [0.5, 0.6) is 0 Å². The van der Waals surface area contributed by atoms with Gasteiger partial charge in [0.15, 0.2) is 0 Å². The Hall–Kier alpha value is -1.06. The van der Waals surface area contributed by atoms with Gasteiger partial charge >= 0.3 is 0 Å². The Morgan fingerprint density at radius 3 is 2.32 bits per heavy atom. The van der Waals surface area contributed by atoms with Crippen LogP contribution in [0.15, 0.2) is 24.3 Å². The van der Waals surface area contributed by atoms with Gasteiger partial charge in [-0.15, -0.1) is 12.4 Å². The molecule has 1 heterocycles.